The molecule has 7 nitrogen and oxygen atoms in total. The maximum absolute atomic E-state index is 13.0. The number of hydrogen-bond donors (Lipinski definition) is 1. The number of aliphatic hydroxyl groups is 1. The van der Waals surface area contributed by atoms with Crippen molar-refractivity contribution in [2.24, 2.45) is 0 Å². The first kappa shape index (κ1) is 20.4. The van der Waals surface area contributed by atoms with Crippen molar-refractivity contribution in [3.8, 4) is 5.75 Å². The molecule has 1 atom stereocenters. The van der Waals surface area contributed by atoms with Crippen LogP contribution in [0.1, 0.15) is 36.3 Å². The van der Waals surface area contributed by atoms with Crippen LogP contribution in [0.2, 0.25) is 0 Å². The van der Waals surface area contributed by atoms with Crippen molar-refractivity contribution in [2.75, 3.05) is 6.61 Å². The van der Waals surface area contributed by atoms with Crippen molar-refractivity contribution in [1.82, 2.24) is 9.88 Å². The van der Waals surface area contributed by atoms with E-state index in [1.807, 2.05) is 6.92 Å². The number of amides is 1. The quantitative estimate of drug-likeness (QED) is 0.353. The molecular weight excluding hydrogens is 396 g/mol. The minimum atomic E-state index is -0.770. The maximum Gasteiger partial charge on any atom is 0.296 e. The summed E-state index contributed by atoms with van der Waals surface area (Å²) in [7, 11) is 0. The number of furan rings is 1. The van der Waals surface area contributed by atoms with Gasteiger partial charge in [-0.15, -0.1) is 0 Å². The monoisotopic (exact) mass is 418 g/mol. The van der Waals surface area contributed by atoms with Crippen LogP contribution in [0.3, 0.4) is 0 Å². The Morgan fingerprint density at radius 3 is 2.68 bits per heavy atom. The van der Waals surface area contributed by atoms with Crippen LogP contribution in [-0.2, 0) is 16.1 Å². The lowest BCUT2D eigenvalue weighted by Gasteiger charge is -2.24. The molecule has 7 heteroatoms. The van der Waals surface area contributed by atoms with Crippen molar-refractivity contribution in [3.63, 3.8) is 0 Å². The van der Waals surface area contributed by atoms with Gasteiger partial charge in [0.1, 0.15) is 17.3 Å². The van der Waals surface area contributed by atoms with Gasteiger partial charge in [0.25, 0.3) is 11.7 Å². The first-order chi connectivity index (χ1) is 15.1. The van der Waals surface area contributed by atoms with E-state index >= 15 is 0 Å². The topological polar surface area (TPSA) is 92.9 Å². The van der Waals surface area contributed by atoms with Gasteiger partial charge in [-0.3, -0.25) is 14.6 Å². The molecule has 0 aliphatic carbocycles. The molecule has 1 fully saturated rings. The summed E-state index contributed by atoms with van der Waals surface area (Å²) >= 11 is 0. The van der Waals surface area contributed by atoms with E-state index in [1.54, 1.807) is 60.9 Å². The van der Waals surface area contributed by atoms with Crippen LogP contribution in [0.4, 0.5) is 0 Å². The number of aromatic nitrogens is 1. The lowest BCUT2D eigenvalue weighted by Crippen LogP contribution is -2.29. The summed E-state index contributed by atoms with van der Waals surface area (Å²) in [5, 5.41) is 11.1. The lowest BCUT2D eigenvalue weighted by molar-refractivity contribution is -0.140. The number of ether oxygens (including phenoxy) is 1. The van der Waals surface area contributed by atoms with Crippen LogP contribution in [0, 0.1) is 0 Å². The summed E-state index contributed by atoms with van der Waals surface area (Å²) in [6, 6.07) is 13.0. The van der Waals surface area contributed by atoms with Crippen LogP contribution in [0.25, 0.3) is 5.76 Å². The summed E-state index contributed by atoms with van der Waals surface area (Å²) in [4.78, 5) is 31.4. The zero-order valence-corrected chi connectivity index (χ0v) is 17.0. The van der Waals surface area contributed by atoms with Gasteiger partial charge >= 0.3 is 0 Å². The highest BCUT2D eigenvalue weighted by atomic mass is 16.5. The second-order valence-corrected chi connectivity index (χ2v) is 7.16. The number of likely N-dealkylation sites (tertiary alicyclic amines) is 1. The molecule has 0 spiro atoms. The molecule has 31 heavy (non-hydrogen) atoms. The van der Waals surface area contributed by atoms with Gasteiger partial charge < -0.3 is 19.2 Å². The Hall–Kier alpha value is -3.87. The van der Waals surface area contributed by atoms with Crippen LogP contribution in [0.5, 0.6) is 5.75 Å². The van der Waals surface area contributed by atoms with Crippen molar-refractivity contribution in [2.45, 2.75) is 25.9 Å². The number of benzene rings is 1. The molecule has 1 amide bonds. The second kappa shape index (κ2) is 8.87. The molecule has 158 valence electrons. The molecular formula is C24H22N2O5. The number of carbonyl (C=O) groups excluding carboxylic acids is 2. The normalized spacial score (nSPS) is 17.8. The third-order valence-corrected chi connectivity index (χ3v) is 5.05. The smallest absolute Gasteiger partial charge is 0.296 e. The molecule has 0 bridgehead atoms. The summed E-state index contributed by atoms with van der Waals surface area (Å²) in [6.07, 6.45) is 5.52. The Kier molecular flexibility index (Phi) is 5.84. The molecule has 1 N–H and O–H groups in total. The molecule has 1 aromatic carbocycles. The number of nitrogens with zero attached hydrogens (tertiary/aromatic N) is 2. The van der Waals surface area contributed by atoms with E-state index in [1.165, 1.54) is 11.2 Å². The summed E-state index contributed by atoms with van der Waals surface area (Å²) < 4.78 is 11.0. The number of hydrogen-bond acceptors (Lipinski definition) is 6. The molecule has 1 saturated heterocycles. The van der Waals surface area contributed by atoms with Gasteiger partial charge in [0.2, 0.25) is 0 Å². The first-order valence-electron chi connectivity index (χ1n) is 10.0. The molecule has 0 saturated carbocycles. The van der Waals surface area contributed by atoms with E-state index in [0.29, 0.717) is 29.2 Å². The fraction of sp³-hybridized carbons (Fsp3) is 0.208. The number of carbonyl (C=O) groups is 2. The average Bonchev–Trinajstić information content (AvgIpc) is 3.40. The Bertz CT molecular complexity index is 1110. The molecule has 0 radical (unpaired) electrons. The van der Waals surface area contributed by atoms with Crippen LogP contribution in [-0.4, -0.2) is 33.3 Å². The van der Waals surface area contributed by atoms with Crippen LogP contribution < -0.4 is 4.74 Å². The van der Waals surface area contributed by atoms with E-state index in [2.05, 4.69) is 4.98 Å². The summed E-state index contributed by atoms with van der Waals surface area (Å²) in [5.41, 5.74) is 1.10. The van der Waals surface area contributed by atoms with E-state index in [9.17, 15) is 14.7 Å². The number of aliphatic hydroxyl groups excluding tert-OH is 1. The van der Waals surface area contributed by atoms with E-state index in [4.69, 9.17) is 9.15 Å². The standard InChI is InChI=1S/C24H22N2O5/c1-2-12-30-18-6-3-5-17(14-18)22(27)20-21(16-8-10-25-11-9-16)26(24(29)23(20)28)15-19-7-4-13-31-19/h3-11,13-14,21,27H,2,12,15H2,1H3/b22-20-. The van der Waals surface area contributed by atoms with Gasteiger partial charge in [-0.1, -0.05) is 19.1 Å². The molecule has 1 unspecified atom stereocenters. The minimum Gasteiger partial charge on any atom is -0.507 e. The summed E-state index contributed by atoms with van der Waals surface area (Å²) in [5.74, 6) is -0.569. The third kappa shape index (κ3) is 4.07. The lowest BCUT2D eigenvalue weighted by atomic mass is 9.96. The number of pyridine rings is 1. The average molecular weight is 418 g/mol. The van der Waals surface area contributed by atoms with Crippen LogP contribution in [0.15, 0.2) is 77.2 Å². The highest BCUT2D eigenvalue weighted by Crippen LogP contribution is 2.40. The third-order valence-electron chi connectivity index (χ3n) is 5.05. The molecule has 2 aromatic heterocycles. The Balaban J connectivity index is 1.80. The fourth-order valence-corrected chi connectivity index (χ4v) is 3.61. The number of Topliss-reactive ketones (excluding diaryl/α,β-unsaturated/α-hetero) is 1. The predicted octanol–water partition coefficient (Wildman–Crippen LogP) is 4.09. The van der Waals surface area contributed by atoms with Crippen LogP contribution >= 0.6 is 0 Å². The van der Waals surface area contributed by atoms with Gasteiger partial charge in [0.15, 0.2) is 0 Å². The minimum absolute atomic E-state index is 0.0235. The van der Waals surface area contributed by atoms with Gasteiger partial charge in [-0.2, -0.15) is 0 Å². The van der Waals surface area contributed by atoms with Crippen molar-refractivity contribution < 1.29 is 23.8 Å². The number of ketones is 1. The maximum atomic E-state index is 13.0. The van der Waals surface area contributed by atoms with E-state index < -0.39 is 17.7 Å². The summed E-state index contributed by atoms with van der Waals surface area (Å²) in [6.45, 7) is 2.63. The highest BCUT2D eigenvalue weighted by Gasteiger charge is 2.46. The van der Waals surface area contributed by atoms with Crippen molar-refractivity contribution in [1.29, 1.82) is 0 Å². The zero-order valence-electron chi connectivity index (χ0n) is 17.0. The second-order valence-electron chi connectivity index (χ2n) is 7.16. The molecule has 3 heterocycles. The Labute approximate surface area is 179 Å². The van der Waals surface area contributed by atoms with Gasteiger partial charge in [-0.25, -0.2) is 0 Å². The fourth-order valence-electron chi connectivity index (χ4n) is 3.61. The molecule has 3 aromatic rings. The highest BCUT2D eigenvalue weighted by molar-refractivity contribution is 6.46. The number of rotatable bonds is 7. The zero-order chi connectivity index (χ0) is 21.8. The van der Waals surface area contributed by atoms with Gasteiger partial charge in [0.05, 0.1) is 31.0 Å². The Morgan fingerprint density at radius 2 is 1.97 bits per heavy atom. The largest absolute Gasteiger partial charge is 0.507 e. The van der Waals surface area contributed by atoms with E-state index in [0.717, 1.165) is 6.42 Å². The molecule has 4 rings (SSSR count). The molecule has 1 aliphatic heterocycles. The van der Waals surface area contributed by atoms with Crippen molar-refractivity contribution >= 4 is 17.4 Å². The Morgan fingerprint density at radius 1 is 1.16 bits per heavy atom. The van der Waals surface area contributed by atoms with Crippen molar-refractivity contribution in [3.05, 3.63) is 89.6 Å². The first-order valence-corrected chi connectivity index (χ1v) is 10.0. The molecule has 1 aliphatic rings. The van der Waals surface area contributed by atoms with Gasteiger partial charge in [0, 0.05) is 18.0 Å². The van der Waals surface area contributed by atoms with E-state index in [-0.39, 0.29) is 17.9 Å². The predicted molar refractivity (Wildman–Crippen MR) is 113 cm³/mol. The van der Waals surface area contributed by atoms with Gasteiger partial charge in [-0.05, 0) is 48.4 Å². The SMILES string of the molecule is CCCOc1cccc(/C(O)=C2/C(=O)C(=O)N(Cc3ccco3)C2c2ccncc2)c1.